The van der Waals surface area contributed by atoms with E-state index in [0.717, 1.165) is 6.42 Å². The lowest BCUT2D eigenvalue weighted by Crippen LogP contribution is -2.38. The molecular weight excluding hydrogens is 170 g/mol. The van der Waals surface area contributed by atoms with Crippen LogP contribution in [-0.2, 0) is 9.59 Å². The van der Waals surface area contributed by atoms with Crippen molar-refractivity contribution in [2.75, 3.05) is 26.2 Å². The third-order valence-electron chi connectivity index (χ3n) is 1.97. The Morgan fingerprint density at radius 2 is 2.38 bits per heavy atom. The van der Waals surface area contributed by atoms with Crippen LogP contribution in [-0.4, -0.2) is 42.9 Å². The maximum atomic E-state index is 11.4. The Labute approximate surface area is 77.3 Å². The predicted octanol–water partition coefficient (Wildman–Crippen LogP) is -1.32. The first-order chi connectivity index (χ1) is 6.24. The average molecular weight is 185 g/mol. The Kier molecular flexibility index (Phi) is 3.70. The van der Waals surface area contributed by atoms with Crippen LogP contribution >= 0.6 is 0 Å². The number of amides is 2. The molecule has 1 fully saturated rings. The summed E-state index contributed by atoms with van der Waals surface area (Å²) in [7, 11) is 0. The van der Waals surface area contributed by atoms with Crippen LogP contribution in [0.2, 0.25) is 0 Å². The lowest BCUT2D eigenvalue weighted by molar-refractivity contribution is -0.135. The van der Waals surface area contributed by atoms with Gasteiger partial charge in [0.25, 0.3) is 0 Å². The number of rotatable bonds is 2. The van der Waals surface area contributed by atoms with Crippen molar-refractivity contribution >= 4 is 11.8 Å². The first-order valence-corrected chi connectivity index (χ1v) is 4.48. The Morgan fingerprint density at radius 1 is 1.62 bits per heavy atom. The molecule has 0 aromatic heterocycles. The Balaban J connectivity index is 2.47. The van der Waals surface area contributed by atoms with E-state index in [1.54, 1.807) is 4.90 Å². The van der Waals surface area contributed by atoms with Crippen molar-refractivity contribution in [3.05, 3.63) is 0 Å². The van der Waals surface area contributed by atoms with Gasteiger partial charge in [-0.15, -0.1) is 0 Å². The predicted molar refractivity (Wildman–Crippen MR) is 47.9 cm³/mol. The van der Waals surface area contributed by atoms with Gasteiger partial charge in [-0.2, -0.15) is 0 Å². The summed E-state index contributed by atoms with van der Waals surface area (Å²) in [5.74, 6) is -0.109. The standard InChI is InChI=1S/C8H15N3O2/c9-3-2-8(13)11-5-1-4-10-7(12)6-11/h1-6,9H2,(H,10,12). The second kappa shape index (κ2) is 4.81. The van der Waals surface area contributed by atoms with Crippen molar-refractivity contribution in [1.82, 2.24) is 10.2 Å². The summed E-state index contributed by atoms with van der Waals surface area (Å²) < 4.78 is 0. The largest absolute Gasteiger partial charge is 0.354 e. The van der Waals surface area contributed by atoms with E-state index in [1.165, 1.54) is 0 Å². The zero-order chi connectivity index (χ0) is 9.68. The SMILES string of the molecule is NCCC(=O)N1CCCNC(=O)C1. The maximum absolute atomic E-state index is 11.4. The highest BCUT2D eigenvalue weighted by Gasteiger charge is 2.18. The Bertz CT molecular complexity index is 206. The van der Waals surface area contributed by atoms with Gasteiger partial charge in [0, 0.05) is 26.1 Å². The molecule has 0 radical (unpaired) electrons. The molecule has 0 atom stereocenters. The molecule has 0 aromatic carbocycles. The van der Waals surface area contributed by atoms with Crippen LogP contribution in [0.3, 0.4) is 0 Å². The lowest BCUT2D eigenvalue weighted by atomic mass is 10.3. The normalized spacial score (nSPS) is 17.9. The number of carbonyl (C=O) groups is 2. The third kappa shape index (κ3) is 3.02. The molecule has 1 heterocycles. The van der Waals surface area contributed by atoms with Crippen LogP contribution in [0.15, 0.2) is 0 Å². The van der Waals surface area contributed by atoms with Gasteiger partial charge in [-0.25, -0.2) is 0 Å². The highest BCUT2D eigenvalue weighted by Crippen LogP contribution is 1.98. The average Bonchev–Trinajstić information content (AvgIpc) is 2.30. The minimum atomic E-state index is -0.0807. The van der Waals surface area contributed by atoms with Gasteiger partial charge in [0.1, 0.15) is 0 Å². The molecule has 1 saturated heterocycles. The third-order valence-corrected chi connectivity index (χ3v) is 1.97. The van der Waals surface area contributed by atoms with Gasteiger partial charge < -0.3 is 16.0 Å². The fraction of sp³-hybridized carbons (Fsp3) is 0.750. The molecule has 0 unspecified atom stereocenters. The monoisotopic (exact) mass is 185 g/mol. The van der Waals surface area contributed by atoms with Crippen molar-refractivity contribution in [2.24, 2.45) is 5.73 Å². The van der Waals surface area contributed by atoms with Gasteiger partial charge in [-0.05, 0) is 6.42 Å². The highest BCUT2D eigenvalue weighted by atomic mass is 16.2. The molecule has 0 aliphatic carbocycles. The summed E-state index contributed by atoms with van der Waals surface area (Å²) in [6.45, 7) is 1.83. The fourth-order valence-electron chi connectivity index (χ4n) is 1.30. The molecular formula is C8H15N3O2. The van der Waals surface area contributed by atoms with E-state index in [2.05, 4.69) is 5.32 Å². The molecule has 0 saturated carbocycles. The van der Waals surface area contributed by atoms with E-state index < -0.39 is 0 Å². The van der Waals surface area contributed by atoms with Crippen molar-refractivity contribution in [3.63, 3.8) is 0 Å². The first kappa shape index (κ1) is 9.98. The summed E-state index contributed by atoms with van der Waals surface area (Å²) in [5.41, 5.74) is 5.26. The van der Waals surface area contributed by atoms with Crippen LogP contribution in [0.1, 0.15) is 12.8 Å². The first-order valence-electron chi connectivity index (χ1n) is 4.48. The molecule has 13 heavy (non-hydrogen) atoms. The summed E-state index contributed by atoms with van der Waals surface area (Å²) in [4.78, 5) is 24.0. The number of nitrogens with two attached hydrogens (primary N) is 1. The van der Waals surface area contributed by atoms with Crippen LogP contribution in [0.25, 0.3) is 0 Å². The fourth-order valence-corrected chi connectivity index (χ4v) is 1.30. The zero-order valence-corrected chi connectivity index (χ0v) is 7.58. The maximum Gasteiger partial charge on any atom is 0.239 e. The van der Waals surface area contributed by atoms with E-state index in [0.29, 0.717) is 26.1 Å². The van der Waals surface area contributed by atoms with E-state index in [1.807, 2.05) is 0 Å². The molecule has 5 nitrogen and oxygen atoms in total. The van der Waals surface area contributed by atoms with E-state index >= 15 is 0 Å². The van der Waals surface area contributed by atoms with Crippen molar-refractivity contribution in [3.8, 4) is 0 Å². The van der Waals surface area contributed by atoms with Gasteiger partial charge in [-0.1, -0.05) is 0 Å². The smallest absolute Gasteiger partial charge is 0.239 e. The van der Waals surface area contributed by atoms with Crippen molar-refractivity contribution in [2.45, 2.75) is 12.8 Å². The molecule has 0 spiro atoms. The minimum Gasteiger partial charge on any atom is -0.354 e. The molecule has 3 N–H and O–H groups in total. The van der Waals surface area contributed by atoms with Crippen LogP contribution in [0, 0.1) is 0 Å². The molecule has 2 amide bonds. The Morgan fingerprint density at radius 3 is 3.08 bits per heavy atom. The van der Waals surface area contributed by atoms with Gasteiger partial charge in [0.05, 0.1) is 6.54 Å². The molecule has 74 valence electrons. The molecule has 1 aliphatic rings. The van der Waals surface area contributed by atoms with Gasteiger partial charge in [0.2, 0.25) is 11.8 Å². The number of nitrogens with zero attached hydrogens (tertiary/aromatic N) is 1. The van der Waals surface area contributed by atoms with Crippen molar-refractivity contribution < 1.29 is 9.59 Å². The zero-order valence-electron chi connectivity index (χ0n) is 7.58. The summed E-state index contributed by atoms with van der Waals surface area (Å²) >= 11 is 0. The van der Waals surface area contributed by atoms with Crippen LogP contribution in [0.4, 0.5) is 0 Å². The summed E-state index contributed by atoms with van der Waals surface area (Å²) in [6, 6.07) is 0. The van der Waals surface area contributed by atoms with Crippen molar-refractivity contribution in [1.29, 1.82) is 0 Å². The molecule has 1 rings (SSSR count). The number of carbonyl (C=O) groups excluding carboxylic acids is 2. The Hall–Kier alpha value is -1.10. The van der Waals surface area contributed by atoms with Crippen LogP contribution < -0.4 is 11.1 Å². The molecule has 0 bridgehead atoms. The van der Waals surface area contributed by atoms with E-state index in [9.17, 15) is 9.59 Å². The number of hydrogen-bond acceptors (Lipinski definition) is 3. The van der Waals surface area contributed by atoms with Crippen LogP contribution in [0.5, 0.6) is 0 Å². The topological polar surface area (TPSA) is 75.4 Å². The summed E-state index contributed by atoms with van der Waals surface area (Å²) in [5, 5.41) is 2.71. The second-order valence-electron chi connectivity index (χ2n) is 3.06. The summed E-state index contributed by atoms with van der Waals surface area (Å²) in [6.07, 6.45) is 1.15. The van der Waals surface area contributed by atoms with Gasteiger partial charge >= 0.3 is 0 Å². The van der Waals surface area contributed by atoms with E-state index in [-0.39, 0.29) is 18.4 Å². The molecule has 5 heteroatoms. The lowest BCUT2D eigenvalue weighted by Gasteiger charge is -2.18. The minimum absolute atomic E-state index is 0.0282. The van der Waals surface area contributed by atoms with E-state index in [4.69, 9.17) is 5.73 Å². The number of nitrogens with one attached hydrogen (secondary N) is 1. The second-order valence-corrected chi connectivity index (χ2v) is 3.06. The van der Waals surface area contributed by atoms with Gasteiger partial charge in [-0.3, -0.25) is 9.59 Å². The number of hydrogen-bond donors (Lipinski definition) is 2. The molecule has 1 aliphatic heterocycles. The molecule has 0 aromatic rings. The highest BCUT2D eigenvalue weighted by molar-refractivity contribution is 5.85. The quantitative estimate of drug-likeness (QED) is 0.560. The van der Waals surface area contributed by atoms with Gasteiger partial charge in [0.15, 0.2) is 0 Å².